The maximum Gasteiger partial charge on any atom is 0.224 e. The number of sulfone groups is 1. The molecule has 0 aromatic carbocycles. The van der Waals surface area contributed by atoms with E-state index in [2.05, 4.69) is 6.58 Å². The van der Waals surface area contributed by atoms with Crippen molar-refractivity contribution in [3.8, 4) is 0 Å². The second-order valence-electron chi connectivity index (χ2n) is 3.58. The van der Waals surface area contributed by atoms with Gasteiger partial charge in [0.25, 0.3) is 0 Å². The first-order chi connectivity index (χ1) is 8.84. The van der Waals surface area contributed by atoms with E-state index < -0.39 is 39.9 Å². The maximum atomic E-state index is 11.9. The minimum absolute atomic E-state index is 0.292. The summed E-state index contributed by atoms with van der Waals surface area (Å²) < 4.78 is 45.6. The Morgan fingerprint density at radius 3 is 2.15 bits per heavy atom. The van der Waals surface area contributed by atoms with Crippen LogP contribution in [0.2, 0.25) is 0 Å². The van der Waals surface area contributed by atoms with Gasteiger partial charge in [0.15, 0.2) is 14.7 Å². The zero-order valence-electron chi connectivity index (χ0n) is 10.3. The van der Waals surface area contributed by atoms with E-state index in [0.717, 1.165) is 3.71 Å². The van der Waals surface area contributed by atoms with Gasteiger partial charge in [-0.15, -0.1) is 33.5 Å². The number of alkyl halides is 4. The number of rotatable bonds is 9. The van der Waals surface area contributed by atoms with Gasteiger partial charge in [-0.3, -0.25) is 0 Å². The summed E-state index contributed by atoms with van der Waals surface area (Å²) >= 11 is 23.0. The van der Waals surface area contributed by atoms with Crippen molar-refractivity contribution in [2.24, 2.45) is 0 Å². The Morgan fingerprint density at radius 1 is 1.25 bits per heavy atom. The standard InChI is InChI=1S/C8H13Cl4NO4S3/c1-3-4-19(14,15)5-6-20(16,17)13(2)18-8(11,12)7(9)10/h3,7H,1,4-6H2,2H3. The molecule has 0 bridgehead atoms. The molecule has 0 saturated heterocycles. The molecule has 0 amide bonds. The van der Waals surface area contributed by atoms with Crippen LogP contribution in [0.5, 0.6) is 0 Å². The molecule has 12 heteroatoms. The summed E-state index contributed by atoms with van der Waals surface area (Å²) in [5.74, 6) is -1.43. The molecule has 0 aromatic rings. The molecule has 0 fully saturated rings. The van der Waals surface area contributed by atoms with Crippen LogP contribution in [0.3, 0.4) is 0 Å². The first kappa shape index (κ1) is 21.1. The lowest BCUT2D eigenvalue weighted by Crippen LogP contribution is -2.32. The van der Waals surface area contributed by atoms with Gasteiger partial charge in [0, 0.05) is 7.05 Å². The van der Waals surface area contributed by atoms with Gasteiger partial charge in [0.2, 0.25) is 13.7 Å². The minimum atomic E-state index is -3.88. The third kappa shape index (κ3) is 7.40. The number of hydrogen-bond donors (Lipinski definition) is 0. The molecule has 0 saturated carbocycles. The lowest BCUT2D eigenvalue weighted by Gasteiger charge is -2.25. The van der Waals surface area contributed by atoms with E-state index in [1.807, 2.05) is 0 Å². The number of halogens is 4. The van der Waals surface area contributed by atoms with E-state index in [1.165, 1.54) is 13.1 Å². The van der Waals surface area contributed by atoms with Crippen molar-refractivity contribution in [3.05, 3.63) is 12.7 Å². The van der Waals surface area contributed by atoms with Crippen molar-refractivity contribution >= 4 is 78.2 Å². The summed E-state index contributed by atoms with van der Waals surface area (Å²) in [6.45, 7) is 3.29. The third-order valence-corrected chi connectivity index (χ3v) is 9.10. The SMILES string of the molecule is C=CCS(=O)(=O)CCS(=O)(=O)N(C)SC(Cl)(Cl)C(Cl)Cl. The smallest absolute Gasteiger partial charge is 0.224 e. The zero-order chi connectivity index (χ0) is 16.2. The zero-order valence-corrected chi connectivity index (χ0v) is 15.8. The molecule has 20 heavy (non-hydrogen) atoms. The molecule has 0 unspecified atom stereocenters. The fraction of sp³-hybridized carbons (Fsp3) is 0.750. The topological polar surface area (TPSA) is 71.5 Å². The second kappa shape index (κ2) is 8.10. The van der Waals surface area contributed by atoms with Crippen LogP contribution in [-0.2, 0) is 19.9 Å². The van der Waals surface area contributed by atoms with Crippen LogP contribution < -0.4 is 0 Å². The number of hydrogen-bond acceptors (Lipinski definition) is 5. The highest BCUT2D eigenvalue weighted by Crippen LogP contribution is 2.44. The molecule has 0 aliphatic carbocycles. The minimum Gasteiger partial charge on any atom is -0.228 e. The molecule has 0 atom stereocenters. The first-order valence-electron chi connectivity index (χ1n) is 4.97. The highest BCUT2D eigenvalue weighted by molar-refractivity contribution is 8.11. The third-order valence-electron chi connectivity index (χ3n) is 1.92. The summed E-state index contributed by atoms with van der Waals surface area (Å²) in [6, 6.07) is 0. The molecule has 0 aliphatic rings. The summed E-state index contributed by atoms with van der Waals surface area (Å²) in [5.41, 5.74) is 0. The average Bonchev–Trinajstić information content (AvgIpc) is 2.26. The Labute approximate surface area is 143 Å². The van der Waals surface area contributed by atoms with Crippen molar-refractivity contribution in [1.29, 1.82) is 0 Å². The van der Waals surface area contributed by atoms with Gasteiger partial charge in [-0.05, 0) is 11.9 Å². The quantitative estimate of drug-likeness (QED) is 0.323. The van der Waals surface area contributed by atoms with E-state index in [1.54, 1.807) is 0 Å². The predicted molar refractivity (Wildman–Crippen MR) is 87.9 cm³/mol. The van der Waals surface area contributed by atoms with E-state index >= 15 is 0 Å². The Bertz CT molecular complexity index is 532. The summed E-state index contributed by atoms with van der Waals surface area (Å²) in [5, 5.41) is 0. The van der Waals surface area contributed by atoms with Crippen LogP contribution in [-0.4, -0.2) is 53.4 Å². The fourth-order valence-corrected chi connectivity index (χ4v) is 6.09. The van der Waals surface area contributed by atoms with Crippen molar-refractivity contribution < 1.29 is 16.8 Å². The first-order valence-corrected chi connectivity index (χ1v) is 10.8. The molecule has 0 spiro atoms. The molecule has 0 radical (unpaired) electrons. The van der Waals surface area contributed by atoms with Gasteiger partial charge >= 0.3 is 0 Å². The Kier molecular flexibility index (Phi) is 8.55. The normalized spacial score (nSPS) is 13.9. The molecular formula is C8H13Cl4NO4S3. The van der Waals surface area contributed by atoms with Crippen LogP contribution >= 0.6 is 58.4 Å². The monoisotopic (exact) mass is 423 g/mol. The van der Waals surface area contributed by atoms with E-state index in [9.17, 15) is 16.8 Å². The molecule has 120 valence electrons. The Hall–Kier alpha value is 1.11. The van der Waals surface area contributed by atoms with Crippen molar-refractivity contribution in [3.63, 3.8) is 0 Å². The molecule has 0 rings (SSSR count). The van der Waals surface area contributed by atoms with Gasteiger partial charge in [0.1, 0.15) is 0 Å². The van der Waals surface area contributed by atoms with E-state index in [4.69, 9.17) is 46.4 Å². The highest BCUT2D eigenvalue weighted by Gasteiger charge is 2.38. The van der Waals surface area contributed by atoms with Crippen LogP contribution in [0.25, 0.3) is 0 Å². The summed E-state index contributed by atoms with van der Waals surface area (Å²) in [6.07, 6.45) is 1.19. The van der Waals surface area contributed by atoms with E-state index in [0.29, 0.717) is 11.9 Å². The average molecular weight is 425 g/mol. The van der Waals surface area contributed by atoms with Crippen LogP contribution in [0, 0.1) is 0 Å². The highest BCUT2D eigenvalue weighted by atomic mass is 35.5. The predicted octanol–water partition coefficient (Wildman–Crippen LogP) is 2.43. The van der Waals surface area contributed by atoms with Crippen LogP contribution in [0.4, 0.5) is 0 Å². The molecule has 0 aliphatic heterocycles. The van der Waals surface area contributed by atoms with Crippen molar-refractivity contribution in [2.75, 3.05) is 24.3 Å². The molecule has 0 heterocycles. The Morgan fingerprint density at radius 2 is 1.75 bits per heavy atom. The largest absolute Gasteiger partial charge is 0.228 e. The molecule has 5 nitrogen and oxygen atoms in total. The van der Waals surface area contributed by atoms with Gasteiger partial charge < -0.3 is 0 Å². The van der Waals surface area contributed by atoms with Gasteiger partial charge in [-0.25, -0.2) is 16.8 Å². The Balaban J connectivity index is 4.78. The summed E-state index contributed by atoms with van der Waals surface area (Å²) in [4.78, 5) is -1.24. The molecular weight excluding hydrogens is 412 g/mol. The van der Waals surface area contributed by atoms with Gasteiger partial charge in [-0.2, -0.15) is 0 Å². The molecule has 0 aromatic heterocycles. The maximum absolute atomic E-state index is 11.9. The van der Waals surface area contributed by atoms with Crippen molar-refractivity contribution in [1.82, 2.24) is 3.71 Å². The van der Waals surface area contributed by atoms with Crippen LogP contribution in [0.15, 0.2) is 12.7 Å². The lowest BCUT2D eigenvalue weighted by molar-refractivity contribution is 0.563. The van der Waals surface area contributed by atoms with Crippen molar-refractivity contribution in [2.45, 2.75) is 8.50 Å². The number of sulfonamides is 1. The van der Waals surface area contributed by atoms with E-state index in [-0.39, 0.29) is 5.75 Å². The molecule has 0 N–H and O–H groups in total. The lowest BCUT2D eigenvalue weighted by atomic mass is 10.8. The summed E-state index contributed by atoms with van der Waals surface area (Å²) in [7, 11) is -6.22. The number of nitrogens with zero attached hydrogens (tertiary/aromatic N) is 1. The van der Waals surface area contributed by atoms with Crippen LogP contribution in [0.1, 0.15) is 0 Å². The fourth-order valence-electron chi connectivity index (χ4n) is 0.892. The second-order valence-corrected chi connectivity index (χ2v) is 12.5. The van der Waals surface area contributed by atoms with Gasteiger partial charge in [-0.1, -0.05) is 29.3 Å². The van der Waals surface area contributed by atoms with Gasteiger partial charge in [0.05, 0.1) is 17.3 Å².